The largest absolute Gasteiger partial charge is 0.351 e. The Kier molecular flexibility index (Phi) is 5.40. The Hall–Kier alpha value is -4.00. The van der Waals surface area contributed by atoms with Crippen LogP contribution in [-0.4, -0.2) is 23.7 Å². The van der Waals surface area contributed by atoms with Gasteiger partial charge >= 0.3 is 0 Å². The van der Waals surface area contributed by atoms with E-state index in [0.29, 0.717) is 11.1 Å². The van der Waals surface area contributed by atoms with E-state index in [1.807, 2.05) is 30.3 Å². The summed E-state index contributed by atoms with van der Waals surface area (Å²) in [7, 11) is 0. The Morgan fingerprint density at radius 1 is 0.882 bits per heavy atom. The number of benzene rings is 3. The molecule has 0 saturated carbocycles. The summed E-state index contributed by atoms with van der Waals surface area (Å²) in [5.41, 5.74) is 0.595. The number of hydrogen-bond acceptors (Lipinski definition) is 5. The van der Waals surface area contributed by atoms with Crippen molar-refractivity contribution in [3.63, 3.8) is 0 Å². The van der Waals surface area contributed by atoms with E-state index in [2.05, 4.69) is 28.1 Å². The first-order valence-electron chi connectivity index (χ1n) is 10.8. The highest BCUT2D eigenvalue weighted by atomic mass is 79.9. The molecule has 0 spiro atoms. The maximum absolute atomic E-state index is 13.9. The molecule has 1 saturated heterocycles. The van der Waals surface area contributed by atoms with Crippen LogP contribution in [0.15, 0.2) is 89.4 Å². The third-order valence-electron chi connectivity index (χ3n) is 6.68. The number of anilines is 1. The van der Waals surface area contributed by atoms with E-state index in [-0.39, 0.29) is 5.78 Å². The minimum absolute atomic E-state index is 0.299. The summed E-state index contributed by atoms with van der Waals surface area (Å²) in [5.74, 6) is -1.93. The van der Waals surface area contributed by atoms with Crippen molar-refractivity contribution >= 4 is 39.3 Å². The Balaban J connectivity index is 1.74. The van der Waals surface area contributed by atoms with Crippen molar-refractivity contribution in [2.24, 2.45) is 11.3 Å². The molecule has 34 heavy (non-hydrogen) atoms. The van der Waals surface area contributed by atoms with Crippen molar-refractivity contribution in [1.29, 1.82) is 10.5 Å². The molecule has 4 unspecified atom stereocenters. The molecule has 0 aliphatic carbocycles. The number of fused-ring (bicyclic) bond motifs is 3. The molecule has 0 amide bonds. The van der Waals surface area contributed by atoms with E-state index in [9.17, 15) is 20.1 Å². The zero-order chi connectivity index (χ0) is 23.9. The normalized spacial score (nSPS) is 24.4. The van der Waals surface area contributed by atoms with Gasteiger partial charge in [-0.1, -0.05) is 88.7 Å². The van der Waals surface area contributed by atoms with Gasteiger partial charge in [0.05, 0.1) is 18.2 Å². The van der Waals surface area contributed by atoms with Crippen LogP contribution in [0, 0.1) is 34.0 Å². The van der Waals surface area contributed by atoms with Crippen LogP contribution in [0.2, 0.25) is 0 Å². The number of nitriles is 2. The highest BCUT2D eigenvalue weighted by molar-refractivity contribution is 9.10. The molecule has 6 heteroatoms. The van der Waals surface area contributed by atoms with Crippen molar-refractivity contribution in [2.45, 2.75) is 12.1 Å². The molecule has 3 aromatic carbocycles. The number of carbonyl (C=O) groups excluding carboxylic acids is 2. The molecule has 164 valence electrons. The molecular formula is C28H18BrN3O2. The second-order valence-electron chi connectivity index (χ2n) is 8.37. The quantitative estimate of drug-likeness (QED) is 0.438. The standard InChI is InChI=1S/C28H18BrN3O2/c29-21-13-10-19(11-14-21)26(33)25-22(16-30)28(17-31,27(34)20-7-2-1-3-8-20)24-15-12-18-6-4-5-9-23(18)32(24)25/h1-15,22,24-25H. The maximum Gasteiger partial charge on any atom is 0.186 e. The van der Waals surface area contributed by atoms with Gasteiger partial charge in [-0.25, -0.2) is 0 Å². The lowest BCUT2D eigenvalue weighted by Crippen LogP contribution is -2.46. The average molecular weight is 508 g/mol. The van der Waals surface area contributed by atoms with Crippen molar-refractivity contribution < 1.29 is 9.59 Å². The monoisotopic (exact) mass is 507 g/mol. The van der Waals surface area contributed by atoms with Gasteiger partial charge in [0.1, 0.15) is 12.0 Å². The lowest BCUT2D eigenvalue weighted by Gasteiger charge is -2.36. The molecule has 0 bridgehead atoms. The van der Waals surface area contributed by atoms with E-state index in [4.69, 9.17) is 0 Å². The van der Waals surface area contributed by atoms with E-state index in [1.54, 1.807) is 65.6 Å². The number of para-hydroxylation sites is 1. The lowest BCUT2D eigenvalue weighted by molar-refractivity contribution is 0.0819. The number of Topliss-reactive ketones (excluding diaryl/α,β-unsaturated/α-hetero) is 2. The van der Waals surface area contributed by atoms with Gasteiger partial charge in [0.2, 0.25) is 0 Å². The number of halogens is 1. The molecule has 4 atom stereocenters. The number of rotatable bonds is 4. The van der Waals surface area contributed by atoms with Crippen LogP contribution in [-0.2, 0) is 0 Å². The maximum atomic E-state index is 13.9. The molecule has 1 fully saturated rings. The fraction of sp³-hybridized carbons (Fsp3) is 0.143. The molecule has 2 heterocycles. The molecule has 2 aliphatic rings. The first-order valence-corrected chi connectivity index (χ1v) is 11.6. The molecule has 2 aliphatic heterocycles. The van der Waals surface area contributed by atoms with Gasteiger partial charge in [-0.15, -0.1) is 0 Å². The van der Waals surface area contributed by atoms with Crippen molar-refractivity contribution in [3.8, 4) is 12.1 Å². The smallest absolute Gasteiger partial charge is 0.186 e. The molecular weight excluding hydrogens is 490 g/mol. The van der Waals surface area contributed by atoms with Crippen LogP contribution in [0.5, 0.6) is 0 Å². The van der Waals surface area contributed by atoms with E-state index in [1.165, 1.54) is 0 Å². The van der Waals surface area contributed by atoms with Gasteiger partial charge < -0.3 is 4.90 Å². The van der Waals surface area contributed by atoms with Gasteiger partial charge in [0, 0.05) is 21.3 Å². The molecule has 0 N–H and O–H groups in total. The van der Waals surface area contributed by atoms with Crippen LogP contribution in [0.4, 0.5) is 5.69 Å². The summed E-state index contributed by atoms with van der Waals surface area (Å²) < 4.78 is 0.821. The van der Waals surface area contributed by atoms with Crippen molar-refractivity contribution in [1.82, 2.24) is 0 Å². The molecule has 5 nitrogen and oxygen atoms in total. The van der Waals surface area contributed by atoms with Crippen LogP contribution in [0.1, 0.15) is 26.3 Å². The Labute approximate surface area is 205 Å². The van der Waals surface area contributed by atoms with E-state index in [0.717, 1.165) is 15.7 Å². The Morgan fingerprint density at radius 2 is 1.56 bits per heavy atom. The van der Waals surface area contributed by atoms with Crippen LogP contribution >= 0.6 is 15.9 Å². The minimum atomic E-state index is -1.75. The summed E-state index contributed by atoms with van der Waals surface area (Å²) in [6.07, 6.45) is 3.65. The van der Waals surface area contributed by atoms with Crippen LogP contribution in [0.25, 0.3) is 6.08 Å². The topological polar surface area (TPSA) is 85.0 Å². The van der Waals surface area contributed by atoms with E-state index >= 15 is 0 Å². The van der Waals surface area contributed by atoms with Crippen molar-refractivity contribution in [3.05, 3.63) is 106 Å². The first-order chi connectivity index (χ1) is 16.5. The van der Waals surface area contributed by atoms with Gasteiger partial charge in [-0.2, -0.15) is 10.5 Å². The molecule has 0 aromatic heterocycles. The first kappa shape index (κ1) is 21.8. The number of hydrogen-bond donors (Lipinski definition) is 0. The lowest BCUT2D eigenvalue weighted by atomic mass is 9.67. The fourth-order valence-corrected chi connectivity index (χ4v) is 5.38. The van der Waals surface area contributed by atoms with Gasteiger partial charge in [0.15, 0.2) is 17.0 Å². The highest BCUT2D eigenvalue weighted by Crippen LogP contribution is 2.52. The SMILES string of the molecule is N#CC1C(C(=O)c2ccc(Br)cc2)N2c3ccccc3C=CC2C1(C#N)C(=O)c1ccccc1. The average Bonchev–Trinajstić information content (AvgIpc) is 3.19. The summed E-state index contributed by atoms with van der Waals surface area (Å²) in [4.78, 5) is 29.6. The van der Waals surface area contributed by atoms with E-state index < -0.39 is 29.2 Å². The predicted octanol–water partition coefficient (Wildman–Crippen LogP) is 5.45. The molecule has 3 aromatic rings. The summed E-state index contributed by atoms with van der Waals surface area (Å²) >= 11 is 3.38. The number of ketones is 2. The molecule has 0 radical (unpaired) electrons. The molecule has 5 rings (SSSR count). The summed E-state index contributed by atoms with van der Waals surface area (Å²) in [5, 5.41) is 20.9. The van der Waals surface area contributed by atoms with Crippen molar-refractivity contribution in [2.75, 3.05) is 4.90 Å². The Morgan fingerprint density at radius 3 is 2.24 bits per heavy atom. The summed E-state index contributed by atoms with van der Waals surface area (Å²) in [6, 6.07) is 25.6. The van der Waals surface area contributed by atoms with Gasteiger partial charge in [-0.3, -0.25) is 9.59 Å². The zero-order valence-corrected chi connectivity index (χ0v) is 19.5. The fourth-order valence-electron chi connectivity index (χ4n) is 5.11. The number of nitrogens with zero attached hydrogens (tertiary/aromatic N) is 3. The van der Waals surface area contributed by atoms with Crippen LogP contribution < -0.4 is 4.90 Å². The Bertz CT molecular complexity index is 1400. The van der Waals surface area contributed by atoms with Crippen LogP contribution in [0.3, 0.4) is 0 Å². The number of carbonyl (C=O) groups is 2. The summed E-state index contributed by atoms with van der Waals surface area (Å²) in [6.45, 7) is 0. The van der Waals surface area contributed by atoms with Gasteiger partial charge in [-0.05, 0) is 23.8 Å². The highest BCUT2D eigenvalue weighted by Gasteiger charge is 2.66. The third-order valence-corrected chi connectivity index (χ3v) is 7.21. The minimum Gasteiger partial charge on any atom is -0.351 e. The predicted molar refractivity (Wildman–Crippen MR) is 132 cm³/mol. The second kappa shape index (κ2) is 8.41. The zero-order valence-electron chi connectivity index (χ0n) is 17.9. The third kappa shape index (κ3) is 3.11. The second-order valence-corrected chi connectivity index (χ2v) is 9.28. The van der Waals surface area contributed by atoms with Gasteiger partial charge in [0.25, 0.3) is 0 Å².